The van der Waals surface area contributed by atoms with Crippen LogP contribution < -0.4 is 10.6 Å². The van der Waals surface area contributed by atoms with Crippen molar-refractivity contribution in [2.75, 3.05) is 43.9 Å². The number of aliphatic imine (C=N–C) groups is 1. The molecule has 190 valence electrons. The van der Waals surface area contributed by atoms with Crippen molar-refractivity contribution in [1.29, 1.82) is 0 Å². The second kappa shape index (κ2) is 12.7. The van der Waals surface area contributed by atoms with Crippen molar-refractivity contribution in [1.82, 2.24) is 19.8 Å². The van der Waals surface area contributed by atoms with Gasteiger partial charge < -0.3 is 15.5 Å². The molecule has 4 rings (SSSR count). The number of nitrogens with zero attached hydrogens (tertiary/aromatic N) is 5. The highest BCUT2D eigenvalue weighted by atomic mass is 16.1. The van der Waals surface area contributed by atoms with Gasteiger partial charge in [0.05, 0.1) is 5.69 Å². The summed E-state index contributed by atoms with van der Waals surface area (Å²) >= 11 is 0. The molecule has 0 bridgehead atoms. The Hall–Kier alpha value is -4.14. The molecule has 0 unspecified atom stereocenters. The predicted octanol–water partition coefficient (Wildman–Crippen LogP) is 4.76. The first kappa shape index (κ1) is 25.9. The van der Waals surface area contributed by atoms with Crippen LogP contribution in [0.5, 0.6) is 0 Å². The van der Waals surface area contributed by atoms with Crippen molar-refractivity contribution in [2.45, 2.75) is 13.5 Å². The van der Waals surface area contributed by atoms with Crippen molar-refractivity contribution in [3.8, 4) is 0 Å². The Bertz CT molecular complexity index is 1280. The van der Waals surface area contributed by atoms with Crippen LogP contribution in [0, 0.1) is 6.92 Å². The number of benzene rings is 2. The van der Waals surface area contributed by atoms with Crippen molar-refractivity contribution < 1.29 is 4.79 Å². The molecule has 2 aromatic carbocycles. The van der Waals surface area contributed by atoms with Crippen LogP contribution in [0.3, 0.4) is 0 Å². The molecule has 1 saturated heterocycles. The van der Waals surface area contributed by atoms with Gasteiger partial charge in [-0.15, -0.1) is 0 Å². The van der Waals surface area contributed by atoms with E-state index in [9.17, 15) is 4.79 Å². The highest BCUT2D eigenvalue weighted by molar-refractivity contribution is 6.04. The van der Waals surface area contributed by atoms with Gasteiger partial charge in [0.2, 0.25) is 5.95 Å². The Labute approximate surface area is 218 Å². The largest absolute Gasteiger partial charge is 0.324 e. The molecule has 0 spiro atoms. The number of nitrogens with one attached hydrogen (secondary N) is 2. The predicted molar refractivity (Wildman–Crippen MR) is 151 cm³/mol. The minimum Gasteiger partial charge on any atom is -0.324 e. The smallest absolute Gasteiger partial charge is 0.255 e. The Morgan fingerprint density at radius 2 is 1.86 bits per heavy atom. The van der Waals surface area contributed by atoms with Gasteiger partial charge in [0.25, 0.3) is 5.91 Å². The maximum Gasteiger partial charge on any atom is 0.255 e. The monoisotopic (exact) mass is 495 g/mol. The zero-order chi connectivity index (χ0) is 26.0. The van der Waals surface area contributed by atoms with E-state index in [0.717, 1.165) is 49.7 Å². The van der Waals surface area contributed by atoms with Gasteiger partial charge in [0.1, 0.15) is 0 Å². The molecule has 1 aromatic heterocycles. The zero-order valence-corrected chi connectivity index (χ0v) is 21.4. The minimum atomic E-state index is -0.147. The minimum absolute atomic E-state index is 0.147. The van der Waals surface area contributed by atoms with E-state index in [2.05, 4.69) is 49.2 Å². The maximum absolute atomic E-state index is 12.9. The van der Waals surface area contributed by atoms with Crippen LogP contribution in [-0.4, -0.2) is 65.6 Å². The summed E-state index contributed by atoms with van der Waals surface area (Å²) in [6, 6.07) is 15.4. The first-order valence-corrected chi connectivity index (χ1v) is 12.3. The Balaban J connectivity index is 1.38. The van der Waals surface area contributed by atoms with E-state index < -0.39 is 0 Å². The quantitative estimate of drug-likeness (QED) is 0.329. The van der Waals surface area contributed by atoms with Crippen LogP contribution in [-0.2, 0) is 6.54 Å². The van der Waals surface area contributed by atoms with Crippen molar-refractivity contribution in [3.63, 3.8) is 0 Å². The van der Waals surface area contributed by atoms with Crippen molar-refractivity contribution >= 4 is 36.0 Å². The maximum atomic E-state index is 12.9. The zero-order valence-electron chi connectivity index (χ0n) is 21.4. The molecule has 37 heavy (non-hydrogen) atoms. The normalized spacial score (nSPS) is 14.8. The van der Waals surface area contributed by atoms with Crippen LogP contribution in [0.4, 0.5) is 17.3 Å². The van der Waals surface area contributed by atoms with Gasteiger partial charge in [-0.25, -0.2) is 9.97 Å². The number of rotatable bonds is 9. The number of aryl methyl sites for hydroxylation is 1. The van der Waals surface area contributed by atoms with E-state index in [1.54, 1.807) is 18.5 Å². The number of anilines is 3. The molecule has 0 atom stereocenters. The van der Waals surface area contributed by atoms with E-state index in [-0.39, 0.29) is 5.91 Å². The number of aromatic nitrogens is 2. The molecule has 8 heteroatoms. The number of hydrogen-bond acceptors (Lipinski definition) is 7. The van der Waals surface area contributed by atoms with E-state index >= 15 is 0 Å². The lowest BCUT2D eigenvalue weighted by atomic mass is 10.1. The van der Waals surface area contributed by atoms with Crippen molar-refractivity contribution in [2.24, 2.45) is 4.99 Å². The Kier molecular flexibility index (Phi) is 8.91. The lowest BCUT2D eigenvalue weighted by Crippen LogP contribution is -2.43. The second-order valence-corrected chi connectivity index (χ2v) is 9.07. The fourth-order valence-electron chi connectivity index (χ4n) is 3.97. The van der Waals surface area contributed by atoms with Gasteiger partial charge in [-0.3, -0.25) is 14.7 Å². The van der Waals surface area contributed by atoms with Gasteiger partial charge in [-0.1, -0.05) is 24.3 Å². The van der Waals surface area contributed by atoms with Crippen LogP contribution in [0.15, 0.2) is 78.1 Å². The fraction of sp³-hybridized carbons (Fsp3) is 0.241. The molecular formula is C29H33N7O. The molecule has 2 heterocycles. The second-order valence-electron chi connectivity index (χ2n) is 9.07. The van der Waals surface area contributed by atoms with Gasteiger partial charge in [-0.05, 0) is 74.3 Å². The lowest BCUT2D eigenvalue weighted by molar-refractivity contribution is 0.102. The highest BCUT2D eigenvalue weighted by Crippen LogP contribution is 2.23. The number of allylic oxidation sites excluding steroid dienone is 2. The molecule has 8 nitrogen and oxygen atoms in total. The number of carbonyl (C=O) groups excluding carboxylic acids is 1. The van der Waals surface area contributed by atoms with E-state index in [1.807, 2.05) is 67.6 Å². The number of hydrogen-bond donors (Lipinski definition) is 2. The SMILES string of the molecule is C=N/C=C\C=C\c1ccnc(Nc2cc(NC(=O)c3ccc(CN4CCN(C)CC4)cc3)ccc2C)n1. The summed E-state index contributed by atoms with van der Waals surface area (Å²) in [6.07, 6.45) is 8.76. The Morgan fingerprint density at radius 3 is 2.62 bits per heavy atom. The van der Waals surface area contributed by atoms with Gasteiger partial charge in [-0.2, -0.15) is 0 Å². The van der Waals surface area contributed by atoms with Gasteiger partial charge in [0, 0.05) is 62.1 Å². The third-order valence-corrected chi connectivity index (χ3v) is 6.21. The summed E-state index contributed by atoms with van der Waals surface area (Å²) in [5.74, 6) is 0.321. The van der Waals surface area contributed by atoms with Crippen LogP contribution in [0.1, 0.15) is 27.2 Å². The third-order valence-electron chi connectivity index (χ3n) is 6.21. The summed E-state index contributed by atoms with van der Waals surface area (Å²) in [6.45, 7) is 10.6. The number of carbonyl (C=O) groups is 1. The molecule has 0 saturated carbocycles. The fourth-order valence-corrected chi connectivity index (χ4v) is 3.97. The van der Waals surface area contributed by atoms with Crippen molar-refractivity contribution in [3.05, 3.63) is 95.5 Å². The lowest BCUT2D eigenvalue weighted by Gasteiger charge is -2.32. The molecule has 1 aliphatic rings. The molecule has 1 aliphatic heterocycles. The van der Waals surface area contributed by atoms with E-state index in [4.69, 9.17) is 0 Å². The average Bonchev–Trinajstić information content (AvgIpc) is 2.90. The van der Waals surface area contributed by atoms with Crippen LogP contribution in [0.2, 0.25) is 0 Å². The first-order chi connectivity index (χ1) is 18.0. The number of likely N-dealkylation sites (N-methyl/N-ethyl adjacent to an activating group) is 1. The Morgan fingerprint density at radius 1 is 1.08 bits per heavy atom. The summed E-state index contributed by atoms with van der Waals surface area (Å²) < 4.78 is 0. The summed E-state index contributed by atoms with van der Waals surface area (Å²) in [7, 11) is 2.16. The molecule has 1 amide bonds. The topological polar surface area (TPSA) is 85.7 Å². The van der Waals surface area contributed by atoms with Gasteiger partial charge >= 0.3 is 0 Å². The summed E-state index contributed by atoms with van der Waals surface area (Å²) in [5.41, 5.74) is 5.12. The van der Waals surface area contributed by atoms with Gasteiger partial charge in [0.15, 0.2) is 0 Å². The molecule has 2 N–H and O–H groups in total. The number of amides is 1. The molecule has 0 radical (unpaired) electrons. The summed E-state index contributed by atoms with van der Waals surface area (Å²) in [4.78, 5) is 30.2. The number of piperazine rings is 1. The standard InChI is InChI=1S/C29H33N7O/c1-22-7-12-26(20-27(22)34-29-31-15-13-25(33-29)6-4-5-14-30-2)32-28(37)24-10-8-23(9-11-24)21-36-18-16-35(3)17-19-36/h4-15,20H,2,16-19,21H2,1,3H3,(H,32,37)(H,31,33,34)/b6-4+,14-5-. The third kappa shape index (κ3) is 7.67. The van der Waals surface area contributed by atoms with E-state index in [1.165, 1.54) is 5.56 Å². The highest BCUT2D eigenvalue weighted by Gasteiger charge is 2.14. The molecular weight excluding hydrogens is 462 g/mol. The molecule has 0 aliphatic carbocycles. The molecule has 1 fully saturated rings. The van der Waals surface area contributed by atoms with Crippen LogP contribution >= 0.6 is 0 Å². The van der Waals surface area contributed by atoms with Crippen LogP contribution in [0.25, 0.3) is 6.08 Å². The average molecular weight is 496 g/mol. The van der Waals surface area contributed by atoms with E-state index in [0.29, 0.717) is 17.2 Å². The first-order valence-electron chi connectivity index (χ1n) is 12.3. The summed E-state index contributed by atoms with van der Waals surface area (Å²) in [5, 5.41) is 6.26. The molecule has 3 aromatic rings.